The number of aryl methyl sites for hydroxylation is 1. The van der Waals surface area contributed by atoms with Crippen LogP contribution in [0.5, 0.6) is 0 Å². The molecule has 1 N–H and O–H groups in total. The fourth-order valence-electron chi connectivity index (χ4n) is 4.88. The number of sulfonamides is 1. The van der Waals surface area contributed by atoms with Gasteiger partial charge in [-0.25, -0.2) is 12.8 Å². The Balaban J connectivity index is 1.79. The second-order valence-corrected chi connectivity index (χ2v) is 11.6. The molecule has 4 rings (SSSR count). The van der Waals surface area contributed by atoms with Gasteiger partial charge in [-0.2, -0.15) is 26.3 Å². The van der Waals surface area contributed by atoms with E-state index in [1.165, 1.54) is 9.80 Å². The highest BCUT2D eigenvalue weighted by Crippen LogP contribution is 2.51. The van der Waals surface area contributed by atoms with E-state index in [2.05, 4.69) is 0 Å². The van der Waals surface area contributed by atoms with Gasteiger partial charge >= 0.3 is 12.4 Å². The highest BCUT2D eigenvalue weighted by molar-refractivity contribution is 7.92. The number of rotatable bonds is 5. The lowest BCUT2D eigenvalue weighted by Crippen LogP contribution is -2.54. The predicted octanol–water partition coefficient (Wildman–Crippen LogP) is 3.34. The molecule has 2 aromatic carbocycles. The summed E-state index contributed by atoms with van der Waals surface area (Å²) in [5.41, 5.74) is -7.33. The summed E-state index contributed by atoms with van der Waals surface area (Å²) in [5, 5.41) is 9.84. The Kier molecular flexibility index (Phi) is 7.79. The molecule has 2 aromatic rings. The minimum Gasteiger partial charge on any atom is -0.369 e. The second kappa shape index (κ2) is 10.5. The Morgan fingerprint density at radius 1 is 1.00 bits per heavy atom. The van der Waals surface area contributed by atoms with Crippen molar-refractivity contribution in [2.45, 2.75) is 48.2 Å². The molecular formula is C25H24F7N3O5S. The smallest absolute Gasteiger partial charge is 0.369 e. The van der Waals surface area contributed by atoms with Crippen LogP contribution in [0.4, 0.5) is 36.4 Å². The molecular weight excluding hydrogens is 587 g/mol. The zero-order valence-electron chi connectivity index (χ0n) is 21.3. The summed E-state index contributed by atoms with van der Waals surface area (Å²) in [5.74, 6) is -1.69. The average molecular weight is 612 g/mol. The third-order valence-corrected chi connectivity index (χ3v) is 9.10. The molecule has 0 radical (unpaired) electrons. The molecule has 224 valence electrons. The molecule has 1 unspecified atom stereocenters. The van der Waals surface area contributed by atoms with Gasteiger partial charge in [0.25, 0.3) is 15.6 Å². The molecule has 0 aliphatic carbocycles. The van der Waals surface area contributed by atoms with Crippen molar-refractivity contribution in [1.29, 1.82) is 0 Å². The molecule has 1 saturated heterocycles. The number of carbonyl (C=O) groups is 2. The van der Waals surface area contributed by atoms with Crippen molar-refractivity contribution in [3.05, 3.63) is 59.4 Å². The third kappa shape index (κ3) is 5.46. The number of likely N-dealkylation sites (N-methyl/N-ethyl adjacent to an activating group) is 1. The number of carbonyl (C=O) groups excluding carboxylic acids is 2. The summed E-state index contributed by atoms with van der Waals surface area (Å²) >= 11 is 0. The van der Waals surface area contributed by atoms with E-state index in [-0.39, 0.29) is 49.6 Å². The van der Waals surface area contributed by atoms with Crippen molar-refractivity contribution in [2.75, 3.05) is 31.0 Å². The van der Waals surface area contributed by atoms with E-state index in [1.807, 2.05) is 0 Å². The Morgan fingerprint density at radius 2 is 1.61 bits per heavy atom. The highest BCUT2D eigenvalue weighted by Gasteiger charge is 2.71. The lowest BCUT2D eigenvalue weighted by molar-refractivity contribution is -0.376. The van der Waals surface area contributed by atoms with E-state index >= 15 is 0 Å². The van der Waals surface area contributed by atoms with Gasteiger partial charge in [-0.05, 0) is 48.7 Å². The fraction of sp³-hybridized carbons (Fsp3) is 0.440. The highest BCUT2D eigenvalue weighted by atomic mass is 32.2. The molecule has 8 nitrogen and oxygen atoms in total. The first-order valence-corrected chi connectivity index (χ1v) is 13.6. The lowest BCUT2D eigenvalue weighted by atomic mass is 9.87. The molecule has 1 atom stereocenters. The minimum absolute atomic E-state index is 0.173. The summed E-state index contributed by atoms with van der Waals surface area (Å²) in [6.07, 6.45) is -13.2. The molecule has 0 spiro atoms. The quantitative estimate of drug-likeness (QED) is 0.524. The summed E-state index contributed by atoms with van der Waals surface area (Å²) < 4.78 is 123. The normalized spacial score (nSPS) is 18.9. The maximum Gasteiger partial charge on any atom is 0.430 e. The summed E-state index contributed by atoms with van der Waals surface area (Å²) in [6, 6.07) is 3.90. The van der Waals surface area contributed by atoms with Crippen molar-refractivity contribution in [2.24, 2.45) is 0 Å². The van der Waals surface area contributed by atoms with Crippen LogP contribution < -0.4 is 4.31 Å². The van der Waals surface area contributed by atoms with Crippen LogP contribution in [0.25, 0.3) is 0 Å². The maximum absolute atomic E-state index is 13.7. The van der Waals surface area contributed by atoms with E-state index in [1.54, 1.807) is 7.05 Å². The molecule has 2 aliphatic rings. The number of aliphatic hydroxyl groups is 1. The first-order chi connectivity index (χ1) is 18.9. The molecule has 0 aromatic heterocycles. The zero-order chi connectivity index (χ0) is 30.5. The van der Waals surface area contributed by atoms with Crippen LogP contribution in [0.1, 0.15) is 24.0 Å². The van der Waals surface area contributed by atoms with E-state index < -0.39 is 62.6 Å². The number of nitrogens with zero attached hydrogens (tertiary/aromatic N) is 3. The largest absolute Gasteiger partial charge is 0.430 e. The van der Waals surface area contributed by atoms with Gasteiger partial charge in [0.2, 0.25) is 11.8 Å². The number of anilines is 1. The maximum atomic E-state index is 13.7. The van der Waals surface area contributed by atoms with Crippen LogP contribution in [0.15, 0.2) is 47.4 Å². The van der Waals surface area contributed by atoms with Crippen LogP contribution in [0.3, 0.4) is 0 Å². The van der Waals surface area contributed by atoms with Gasteiger partial charge in [0.05, 0.1) is 23.2 Å². The van der Waals surface area contributed by atoms with Crippen molar-refractivity contribution in [3.8, 4) is 0 Å². The molecule has 0 saturated carbocycles. The van der Waals surface area contributed by atoms with Gasteiger partial charge in [0.1, 0.15) is 5.82 Å². The van der Waals surface area contributed by atoms with Gasteiger partial charge in [-0.3, -0.25) is 13.9 Å². The van der Waals surface area contributed by atoms with Crippen molar-refractivity contribution in [1.82, 2.24) is 9.80 Å². The van der Waals surface area contributed by atoms with Crippen LogP contribution in [-0.2, 0) is 31.6 Å². The van der Waals surface area contributed by atoms with Gasteiger partial charge in [0.15, 0.2) is 0 Å². The summed E-state index contributed by atoms with van der Waals surface area (Å²) in [7, 11) is -3.08. The van der Waals surface area contributed by atoms with E-state index in [0.29, 0.717) is 18.2 Å². The van der Waals surface area contributed by atoms with Crippen molar-refractivity contribution >= 4 is 27.5 Å². The Morgan fingerprint density at radius 3 is 2.17 bits per heavy atom. The number of benzene rings is 2. The van der Waals surface area contributed by atoms with Gasteiger partial charge in [0, 0.05) is 32.1 Å². The number of amides is 2. The summed E-state index contributed by atoms with van der Waals surface area (Å²) in [4.78, 5) is 27.4. The number of fused-ring (bicyclic) bond motifs is 1. The van der Waals surface area contributed by atoms with E-state index in [0.717, 1.165) is 28.6 Å². The van der Waals surface area contributed by atoms with Crippen LogP contribution in [-0.4, -0.2) is 80.2 Å². The standard InChI is InChI=1S/C25H24F7N3O5S/c1-33-10-11-34(14-22(33)37)21(36)13-18-6-2-15-12-16(23(38,24(27,28)29)25(30,31)32)3-9-20(15)35(18)41(39,40)19-7-4-17(26)5-8-19/h3-5,7-9,12,18,38H,2,6,10-11,13-14H2,1H3. The average Bonchev–Trinajstić information content (AvgIpc) is 2.88. The SMILES string of the molecule is CN1CCN(C(=O)CC2CCc3cc(C(O)(C(F)(F)F)C(F)(F)F)ccc3N2S(=O)(=O)c2ccc(F)cc2)CC1=O. The number of alkyl halides is 6. The number of piperazine rings is 1. The molecule has 0 bridgehead atoms. The molecule has 2 aliphatic heterocycles. The first-order valence-electron chi connectivity index (χ1n) is 12.2. The van der Waals surface area contributed by atoms with Gasteiger partial charge < -0.3 is 14.9 Å². The molecule has 16 heteroatoms. The minimum atomic E-state index is -6.15. The fourth-order valence-corrected chi connectivity index (χ4v) is 6.60. The number of hydrogen-bond donors (Lipinski definition) is 1. The van der Waals surface area contributed by atoms with Gasteiger partial charge in [-0.15, -0.1) is 0 Å². The Hall–Kier alpha value is -3.40. The zero-order valence-corrected chi connectivity index (χ0v) is 22.2. The lowest BCUT2D eigenvalue weighted by Gasteiger charge is -2.40. The topological polar surface area (TPSA) is 98.2 Å². The third-order valence-electron chi connectivity index (χ3n) is 7.22. The monoisotopic (exact) mass is 611 g/mol. The number of halogens is 7. The van der Waals surface area contributed by atoms with Crippen molar-refractivity contribution < 1.29 is 53.8 Å². The van der Waals surface area contributed by atoms with Crippen LogP contribution in [0, 0.1) is 5.82 Å². The molecule has 1 fully saturated rings. The summed E-state index contributed by atoms with van der Waals surface area (Å²) in [6.45, 7) is 0.159. The number of hydrogen-bond acceptors (Lipinski definition) is 5. The molecule has 2 amide bonds. The Bertz CT molecular complexity index is 1430. The van der Waals surface area contributed by atoms with E-state index in [4.69, 9.17) is 0 Å². The molecule has 2 heterocycles. The molecule has 41 heavy (non-hydrogen) atoms. The first kappa shape index (κ1) is 30.6. The van der Waals surface area contributed by atoms with Crippen LogP contribution >= 0.6 is 0 Å². The second-order valence-electron chi connectivity index (χ2n) is 9.83. The predicted molar refractivity (Wildman–Crippen MR) is 129 cm³/mol. The Labute approximate surface area is 230 Å². The van der Waals surface area contributed by atoms with Gasteiger partial charge in [-0.1, -0.05) is 12.1 Å². The van der Waals surface area contributed by atoms with Crippen LogP contribution in [0.2, 0.25) is 0 Å². The van der Waals surface area contributed by atoms with Crippen molar-refractivity contribution in [3.63, 3.8) is 0 Å². The van der Waals surface area contributed by atoms with E-state index in [9.17, 15) is 53.8 Å².